The summed E-state index contributed by atoms with van der Waals surface area (Å²) in [7, 11) is 0. The van der Waals surface area contributed by atoms with Crippen molar-refractivity contribution in [2.45, 2.75) is 51.9 Å². The summed E-state index contributed by atoms with van der Waals surface area (Å²) in [5.41, 5.74) is 2.56. The zero-order valence-corrected chi connectivity index (χ0v) is 21.5. The highest BCUT2D eigenvalue weighted by molar-refractivity contribution is 5.80. The van der Waals surface area contributed by atoms with Gasteiger partial charge in [0.05, 0.1) is 19.8 Å². The Balaban J connectivity index is 1.06. The molecule has 8 heteroatoms. The molecule has 1 aliphatic carbocycles. The number of carbonyl (C=O) groups excluding carboxylic acids is 1. The zero-order valence-electron chi connectivity index (χ0n) is 21.5. The Bertz CT molecular complexity index is 1030. The van der Waals surface area contributed by atoms with Crippen LogP contribution < -0.4 is 9.64 Å². The number of rotatable bonds is 7. The van der Waals surface area contributed by atoms with Gasteiger partial charge in [-0.05, 0) is 61.3 Å². The van der Waals surface area contributed by atoms with Gasteiger partial charge in [0, 0.05) is 38.0 Å². The van der Waals surface area contributed by atoms with E-state index < -0.39 is 0 Å². The predicted molar refractivity (Wildman–Crippen MR) is 138 cm³/mol. The Morgan fingerprint density at radius 3 is 2.47 bits per heavy atom. The highest BCUT2D eigenvalue weighted by Gasteiger charge is 2.28. The van der Waals surface area contributed by atoms with Gasteiger partial charge in [0.25, 0.3) is 0 Å². The minimum atomic E-state index is 0.109. The average Bonchev–Trinajstić information content (AvgIpc) is 3.44. The van der Waals surface area contributed by atoms with Gasteiger partial charge >= 0.3 is 6.01 Å². The van der Waals surface area contributed by atoms with E-state index in [9.17, 15) is 4.79 Å². The minimum Gasteiger partial charge on any atom is -0.493 e. The van der Waals surface area contributed by atoms with E-state index in [4.69, 9.17) is 14.0 Å². The first-order chi connectivity index (χ1) is 17.6. The Kier molecular flexibility index (Phi) is 7.90. The second-order valence-electron chi connectivity index (χ2n) is 10.5. The van der Waals surface area contributed by atoms with Gasteiger partial charge in [-0.1, -0.05) is 37.2 Å². The van der Waals surface area contributed by atoms with Crippen molar-refractivity contribution in [1.29, 1.82) is 0 Å². The van der Waals surface area contributed by atoms with Crippen LogP contribution in [0.1, 0.15) is 63.3 Å². The van der Waals surface area contributed by atoms with Gasteiger partial charge in [-0.15, -0.1) is 0 Å². The number of piperidine rings is 1. The number of carbonyl (C=O) groups is 1. The van der Waals surface area contributed by atoms with Crippen LogP contribution in [0, 0.1) is 11.8 Å². The third kappa shape index (κ3) is 5.91. The number of benzene rings is 1. The number of hydrogen-bond donors (Lipinski definition) is 0. The molecule has 0 bridgehead atoms. The third-order valence-electron chi connectivity index (χ3n) is 7.63. The standard InChI is InChI=1S/C28H38N4O4/c1-20(2)26-29-28(36-30-26)32-13-11-21(12-14-32)19-35-25-9-7-23(8-10-25)22-3-5-24(6-4-22)27(33)31-15-17-34-18-16-31/h3,7-10,20-21,24H,4-6,11-19H2,1-2H3. The molecular formula is C28H38N4O4. The fraction of sp³-hybridized carbons (Fsp3) is 0.607. The molecule has 0 spiro atoms. The Morgan fingerprint density at radius 2 is 1.83 bits per heavy atom. The molecule has 0 radical (unpaired) electrons. The topological polar surface area (TPSA) is 80.9 Å². The smallest absolute Gasteiger partial charge is 0.324 e. The molecule has 2 aromatic rings. The van der Waals surface area contributed by atoms with Crippen molar-refractivity contribution in [3.8, 4) is 5.75 Å². The summed E-state index contributed by atoms with van der Waals surface area (Å²) in [5.74, 6) is 2.88. The number of amides is 1. The Hall–Kier alpha value is -2.87. The number of nitrogens with zero attached hydrogens (tertiary/aromatic N) is 4. The van der Waals surface area contributed by atoms with Gasteiger partial charge in [0.15, 0.2) is 5.82 Å². The maximum atomic E-state index is 12.8. The van der Waals surface area contributed by atoms with Gasteiger partial charge in [-0.25, -0.2) is 0 Å². The first-order valence-electron chi connectivity index (χ1n) is 13.4. The number of allylic oxidation sites excluding steroid dienone is 2. The van der Waals surface area contributed by atoms with Crippen LogP contribution >= 0.6 is 0 Å². The van der Waals surface area contributed by atoms with Crippen LogP contribution in [0.3, 0.4) is 0 Å². The lowest BCUT2D eigenvalue weighted by Crippen LogP contribution is -2.44. The number of anilines is 1. The summed E-state index contributed by atoms with van der Waals surface area (Å²) < 4.78 is 16.9. The quantitative estimate of drug-likeness (QED) is 0.559. The van der Waals surface area contributed by atoms with Crippen LogP contribution in [0.5, 0.6) is 5.75 Å². The van der Waals surface area contributed by atoms with Crippen molar-refractivity contribution < 1.29 is 18.8 Å². The van der Waals surface area contributed by atoms with Gasteiger partial charge in [0.1, 0.15) is 5.75 Å². The van der Waals surface area contributed by atoms with Gasteiger partial charge < -0.3 is 23.8 Å². The fourth-order valence-corrected chi connectivity index (χ4v) is 5.22. The van der Waals surface area contributed by atoms with Crippen molar-refractivity contribution in [2.75, 3.05) is 50.9 Å². The SMILES string of the molecule is CC(C)c1noc(N2CCC(COc3ccc(C4=CCC(C(=O)N5CCOCC5)CC4)cc3)CC2)n1. The first kappa shape index (κ1) is 24.8. The maximum Gasteiger partial charge on any atom is 0.324 e. The maximum absolute atomic E-state index is 12.8. The normalized spacial score (nSPS) is 21.5. The van der Waals surface area contributed by atoms with Crippen molar-refractivity contribution in [2.24, 2.45) is 11.8 Å². The predicted octanol–water partition coefficient (Wildman–Crippen LogP) is 4.53. The lowest BCUT2D eigenvalue weighted by Gasteiger charge is -2.31. The summed E-state index contributed by atoms with van der Waals surface area (Å²) >= 11 is 0. The molecule has 0 saturated carbocycles. The third-order valence-corrected chi connectivity index (χ3v) is 7.63. The fourth-order valence-electron chi connectivity index (χ4n) is 5.22. The van der Waals surface area contributed by atoms with Crippen molar-refractivity contribution in [1.82, 2.24) is 15.0 Å². The molecular weight excluding hydrogens is 456 g/mol. The summed E-state index contributed by atoms with van der Waals surface area (Å²) in [6.45, 7) is 9.46. The molecule has 1 amide bonds. The summed E-state index contributed by atoms with van der Waals surface area (Å²) in [6.07, 6.45) is 7.04. The van der Waals surface area contributed by atoms with E-state index in [0.717, 1.165) is 76.5 Å². The van der Waals surface area contributed by atoms with E-state index in [2.05, 4.69) is 59.2 Å². The molecule has 0 N–H and O–H groups in total. The lowest BCUT2D eigenvalue weighted by molar-refractivity contribution is -0.139. The van der Waals surface area contributed by atoms with Gasteiger partial charge in [-0.2, -0.15) is 4.98 Å². The molecule has 194 valence electrons. The molecule has 3 heterocycles. The van der Waals surface area contributed by atoms with Crippen LogP contribution in [0.4, 0.5) is 6.01 Å². The van der Waals surface area contributed by atoms with E-state index in [1.165, 1.54) is 11.1 Å². The molecule has 2 saturated heterocycles. The van der Waals surface area contributed by atoms with E-state index in [1.54, 1.807) is 0 Å². The second kappa shape index (κ2) is 11.5. The molecule has 1 unspecified atom stereocenters. The molecule has 3 aliphatic rings. The van der Waals surface area contributed by atoms with Crippen LogP contribution in [0.15, 0.2) is 34.9 Å². The average molecular weight is 495 g/mol. The molecule has 5 rings (SSSR count). The number of aromatic nitrogens is 2. The highest BCUT2D eigenvalue weighted by atomic mass is 16.5. The van der Waals surface area contributed by atoms with E-state index >= 15 is 0 Å². The van der Waals surface area contributed by atoms with Crippen LogP contribution in [0.2, 0.25) is 0 Å². The van der Waals surface area contributed by atoms with Crippen LogP contribution in [-0.4, -0.2) is 66.9 Å². The Morgan fingerprint density at radius 1 is 1.08 bits per heavy atom. The Labute approximate surface area is 213 Å². The van der Waals surface area contributed by atoms with E-state index in [-0.39, 0.29) is 11.8 Å². The van der Waals surface area contributed by atoms with E-state index in [0.29, 0.717) is 31.1 Å². The number of ether oxygens (including phenoxy) is 2. The van der Waals surface area contributed by atoms with Crippen molar-refractivity contribution >= 4 is 17.5 Å². The second-order valence-corrected chi connectivity index (χ2v) is 10.5. The van der Waals surface area contributed by atoms with Crippen molar-refractivity contribution in [3.05, 3.63) is 41.7 Å². The molecule has 8 nitrogen and oxygen atoms in total. The monoisotopic (exact) mass is 494 g/mol. The zero-order chi connectivity index (χ0) is 24.9. The minimum absolute atomic E-state index is 0.109. The summed E-state index contributed by atoms with van der Waals surface area (Å²) in [6, 6.07) is 9.08. The lowest BCUT2D eigenvalue weighted by atomic mass is 9.85. The molecule has 36 heavy (non-hydrogen) atoms. The highest BCUT2D eigenvalue weighted by Crippen LogP contribution is 2.32. The molecule has 2 aliphatic heterocycles. The van der Waals surface area contributed by atoms with E-state index in [1.807, 2.05) is 4.90 Å². The molecule has 1 aromatic carbocycles. The molecule has 1 atom stereocenters. The largest absolute Gasteiger partial charge is 0.493 e. The first-order valence-corrected chi connectivity index (χ1v) is 13.4. The number of hydrogen-bond acceptors (Lipinski definition) is 7. The van der Waals surface area contributed by atoms with Gasteiger partial charge in [-0.3, -0.25) is 4.79 Å². The summed E-state index contributed by atoms with van der Waals surface area (Å²) in [5, 5.41) is 4.08. The van der Waals surface area contributed by atoms with Crippen LogP contribution in [-0.2, 0) is 9.53 Å². The number of morpholine rings is 1. The van der Waals surface area contributed by atoms with Gasteiger partial charge in [0.2, 0.25) is 5.91 Å². The summed E-state index contributed by atoms with van der Waals surface area (Å²) in [4.78, 5) is 21.4. The molecule has 2 fully saturated rings. The van der Waals surface area contributed by atoms with Crippen molar-refractivity contribution in [3.63, 3.8) is 0 Å². The molecule has 1 aromatic heterocycles. The van der Waals surface area contributed by atoms with Crippen LogP contribution in [0.25, 0.3) is 5.57 Å².